The van der Waals surface area contributed by atoms with Gasteiger partial charge in [0.05, 0.1) is 6.42 Å². The normalized spacial score (nSPS) is 16.8. The van der Waals surface area contributed by atoms with Crippen molar-refractivity contribution in [1.29, 1.82) is 0 Å². The van der Waals surface area contributed by atoms with Crippen LogP contribution >= 0.6 is 0 Å². The van der Waals surface area contributed by atoms with Crippen LogP contribution in [-0.4, -0.2) is 50.1 Å². The zero-order valence-corrected chi connectivity index (χ0v) is 9.09. The third-order valence-electron chi connectivity index (χ3n) is 2.18. The second-order valence-corrected chi connectivity index (χ2v) is 3.52. The van der Waals surface area contributed by atoms with Crippen LogP contribution in [0.15, 0.2) is 12.2 Å². The van der Waals surface area contributed by atoms with E-state index in [2.05, 4.69) is 0 Å². The van der Waals surface area contributed by atoms with Crippen molar-refractivity contribution < 1.29 is 48.0 Å². The van der Waals surface area contributed by atoms with E-state index in [1.807, 2.05) is 0 Å². The summed E-state index contributed by atoms with van der Waals surface area (Å²) in [4.78, 5) is 31.9. The minimum atomic E-state index is -3.57. The predicted molar refractivity (Wildman–Crippen MR) is 51.2 cm³/mol. The van der Waals surface area contributed by atoms with Gasteiger partial charge < -0.3 is 20.4 Å². The molecule has 108 valence electrons. The summed E-state index contributed by atoms with van der Waals surface area (Å²) in [5.41, 5.74) is -3.57. The quantitative estimate of drug-likeness (QED) is 0.521. The highest BCUT2D eigenvalue weighted by atomic mass is 19.3. The molecule has 10 heteroatoms. The number of halogens is 3. The van der Waals surface area contributed by atoms with Crippen LogP contribution in [0, 0.1) is 5.92 Å². The fraction of sp³-hybridized carbons (Fsp3) is 0.444. The molecule has 3 atom stereocenters. The average Bonchev–Trinajstić information content (AvgIpc) is 2.13. The van der Waals surface area contributed by atoms with Crippen molar-refractivity contribution in [3.05, 3.63) is 12.2 Å². The second kappa shape index (κ2) is 6.18. The van der Waals surface area contributed by atoms with Crippen LogP contribution in [0.4, 0.5) is 13.2 Å². The lowest BCUT2D eigenvalue weighted by Crippen LogP contribution is -2.54. The van der Waals surface area contributed by atoms with Crippen LogP contribution in [-0.2, 0) is 14.4 Å². The summed E-state index contributed by atoms with van der Waals surface area (Å²) in [5, 5.41) is 35.1. The Morgan fingerprint density at radius 1 is 1.16 bits per heavy atom. The van der Waals surface area contributed by atoms with Crippen LogP contribution in [0.5, 0.6) is 0 Å². The zero-order valence-electron chi connectivity index (χ0n) is 9.09. The van der Waals surface area contributed by atoms with Crippen LogP contribution < -0.4 is 0 Å². The molecular weight excluding hydrogens is 277 g/mol. The first kappa shape index (κ1) is 16.9. The van der Waals surface area contributed by atoms with Crippen molar-refractivity contribution in [3.63, 3.8) is 0 Å². The van der Waals surface area contributed by atoms with Gasteiger partial charge in [-0.1, -0.05) is 0 Å². The van der Waals surface area contributed by atoms with Gasteiger partial charge in [-0.2, -0.15) is 8.78 Å². The first-order valence-electron chi connectivity index (χ1n) is 4.59. The van der Waals surface area contributed by atoms with Gasteiger partial charge in [0.2, 0.25) is 0 Å². The first-order valence-corrected chi connectivity index (χ1v) is 4.59. The Bertz CT molecular complexity index is 418. The number of hydrogen-bond donors (Lipinski definition) is 4. The highest BCUT2D eigenvalue weighted by molar-refractivity contribution is 5.90. The van der Waals surface area contributed by atoms with Crippen LogP contribution in [0.1, 0.15) is 6.42 Å². The molecule has 0 aliphatic heterocycles. The Morgan fingerprint density at radius 2 is 1.63 bits per heavy atom. The summed E-state index contributed by atoms with van der Waals surface area (Å²) in [5.74, 6) is -9.45. The molecule has 0 spiro atoms. The lowest BCUT2D eigenvalue weighted by molar-refractivity contribution is -0.182. The van der Waals surface area contributed by atoms with E-state index in [9.17, 15) is 32.7 Å². The number of alkyl halides is 1. The predicted octanol–water partition coefficient (Wildman–Crippen LogP) is 0.0961. The molecule has 0 aromatic carbocycles. The fourth-order valence-electron chi connectivity index (χ4n) is 1.37. The van der Waals surface area contributed by atoms with Crippen molar-refractivity contribution >= 4 is 17.9 Å². The van der Waals surface area contributed by atoms with E-state index in [4.69, 9.17) is 15.3 Å². The highest BCUT2D eigenvalue weighted by Crippen LogP contribution is 2.29. The molecule has 0 aliphatic rings. The number of rotatable bonds is 7. The van der Waals surface area contributed by atoms with Gasteiger partial charge in [-0.15, -0.1) is 0 Å². The van der Waals surface area contributed by atoms with Crippen LogP contribution in [0.3, 0.4) is 0 Å². The van der Waals surface area contributed by atoms with Crippen molar-refractivity contribution in [2.45, 2.75) is 18.2 Å². The van der Waals surface area contributed by atoms with Crippen molar-refractivity contribution in [2.24, 2.45) is 5.92 Å². The molecule has 0 heterocycles. The van der Waals surface area contributed by atoms with E-state index < -0.39 is 54.2 Å². The monoisotopic (exact) mass is 286 g/mol. The lowest BCUT2D eigenvalue weighted by atomic mass is 9.81. The molecule has 0 rings (SSSR count). The Balaban J connectivity index is 5.67. The summed E-state index contributed by atoms with van der Waals surface area (Å²) in [6.45, 7) is 0. The third kappa shape index (κ3) is 4.25. The van der Waals surface area contributed by atoms with Crippen molar-refractivity contribution in [2.75, 3.05) is 0 Å². The summed E-state index contributed by atoms with van der Waals surface area (Å²) in [6.07, 6.45) is -7.90. The lowest BCUT2D eigenvalue weighted by Gasteiger charge is -2.29. The molecule has 4 N–H and O–H groups in total. The number of aliphatic carboxylic acids is 3. The Kier molecular flexibility index (Phi) is 5.50. The van der Waals surface area contributed by atoms with Gasteiger partial charge in [0.25, 0.3) is 6.08 Å². The van der Waals surface area contributed by atoms with E-state index in [1.54, 1.807) is 0 Å². The third-order valence-corrected chi connectivity index (χ3v) is 2.18. The van der Waals surface area contributed by atoms with Gasteiger partial charge >= 0.3 is 17.9 Å². The Hall–Kier alpha value is -2.10. The molecular formula is C9H9F3O7. The standard InChI is InChI=1S/C9H9F3O7/c10-3(1-4(11)12)6(7(15)16)9(19,8(17)18)2-5(13)14/h1,3,6,19H,2H2,(H,13,14)(H,15,16)(H,17,18). The molecule has 0 amide bonds. The van der Waals surface area contributed by atoms with Gasteiger partial charge in [-0.25, -0.2) is 9.18 Å². The second-order valence-electron chi connectivity index (χ2n) is 3.52. The zero-order chi connectivity index (χ0) is 15.4. The van der Waals surface area contributed by atoms with Gasteiger partial charge in [0.1, 0.15) is 12.1 Å². The van der Waals surface area contributed by atoms with Gasteiger partial charge in [0, 0.05) is 6.08 Å². The maximum atomic E-state index is 13.3. The topological polar surface area (TPSA) is 132 Å². The summed E-state index contributed by atoms with van der Waals surface area (Å²) in [6, 6.07) is 0. The number of allylic oxidation sites excluding steroid dienone is 1. The molecule has 7 nitrogen and oxygen atoms in total. The number of carbonyl (C=O) groups is 3. The minimum absolute atomic E-state index is 0.519. The molecule has 0 saturated heterocycles. The molecule has 3 unspecified atom stereocenters. The van der Waals surface area contributed by atoms with E-state index in [1.165, 1.54) is 0 Å². The van der Waals surface area contributed by atoms with Gasteiger partial charge in [-0.05, 0) is 0 Å². The first-order chi connectivity index (χ1) is 8.52. The van der Waals surface area contributed by atoms with Crippen LogP contribution in [0.2, 0.25) is 0 Å². The largest absolute Gasteiger partial charge is 0.481 e. The minimum Gasteiger partial charge on any atom is -0.481 e. The van der Waals surface area contributed by atoms with E-state index >= 15 is 0 Å². The van der Waals surface area contributed by atoms with Gasteiger partial charge in [-0.3, -0.25) is 9.59 Å². The fourth-order valence-corrected chi connectivity index (χ4v) is 1.37. The smallest absolute Gasteiger partial charge is 0.337 e. The summed E-state index contributed by atoms with van der Waals surface area (Å²) < 4.78 is 37.0. The van der Waals surface area contributed by atoms with E-state index in [0.717, 1.165) is 0 Å². The highest BCUT2D eigenvalue weighted by Gasteiger charge is 2.53. The average molecular weight is 286 g/mol. The number of carboxylic acid groups (broad SMARTS) is 3. The van der Waals surface area contributed by atoms with Gasteiger partial charge in [0.15, 0.2) is 5.60 Å². The Labute approximate surface area is 103 Å². The molecule has 19 heavy (non-hydrogen) atoms. The van der Waals surface area contributed by atoms with Crippen molar-refractivity contribution in [1.82, 2.24) is 0 Å². The number of carboxylic acids is 3. The Morgan fingerprint density at radius 3 is 1.89 bits per heavy atom. The van der Waals surface area contributed by atoms with E-state index in [-0.39, 0.29) is 0 Å². The molecule has 0 aliphatic carbocycles. The number of hydrogen-bond acceptors (Lipinski definition) is 4. The van der Waals surface area contributed by atoms with Crippen LogP contribution in [0.25, 0.3) is 0 Å². The van der Waals surface area contributed by atoms with E-state index in [0.29, 0.717) is 0 Å². The maximum Gasteiger partial charge on any atom is 0.337 e. The molecule has 0 saturated carbocycles. The number of aliphatic hydroxyl groups is 1. The summed E-state index contributed by atoms with van der Waals surface area (Å²) in [7, 11) is 0. The molecule has 0 aromatic heterocycles. The molecule has 0 aromatic rings. The van der Waals surface area contributed by atoms with Crippen molar-refractivity contribution in [3.8, 4) is 0 Å². The molecule has 0 bridgehead atoms. The molecule has 0 fully saturated rings. The summed E-state index contributed by atoms with van der Waals surface area (Å²) >= 11 is 0. The maximum absolute atomic E-state index is 13.3. The SMILES string of the molecule is O=C(O)CC(O)(C(=O)O)C(C(=O)O)C(F)C=C(F)F. The molecule has 0 radical (unpaired) electrons.